The molecule has 0 aromatic carbocycles. The SMILES string of the molecule is O=C(CCCCC(=O)N(CCO)CCO)CN(CCO)C(=O)CCCCC(=O)N(CCO)CCO. The molecule has 0 aromatic rings. The Morgan fingerprint density at radius 1 is 0.429 bits per heavy atom. The lowest BCUT2D eigenvalue weighted by molar-refractivity contribution is -0.136. The van der Waals surface area contributed by atoms with Crippen molar-refractivity contribution in [3.63, 3.8) is 0 Å². The van der Waals surface area contributed by atoms with Crippen LogP contribution in [0.3, 0.4) is 0 Å². The lowest BCUT2D eigenvalue weighted by Gasteiger charge is -2.22. The zero-order valence-corrected chi connectivity index (χ0v) is 20.6. The van der Waals surface area contributed by atoms with Gasteiger partial charge in [0.1, 0.15) is 0 Å². The molecule has 204 valence electrons. The van der Waals surface area contributed by atoms with Crippen molar-refractivity contribution < 1.29 is 44.7 Å². The average molecular weight is 506 g/mol. The minimum Gasteiger partial charge on any atom is -0.395 e. The molecular weight excluding hydrogens is 462 g/mol. The molecule has 0 fully saturated rings. The number of Topliss-reactive ketones (excluding diaryl/α,β-unsaturated/α-hetero) is 1. The lowest BCUT2D eigenvalue weighted by Crippen LogP contribution is -2.38. The molecule has 0 atom stereocenters. The molecule has 0 unspecified atom stereocenters. The van der Waals surface area contributed by atoms with E-state index >= 15 is 0 Å². The predicted molar refractivity (Wildman–Crippen MR) is 127 cm³/mol. The van der Waals surface area contributed by atoms with Gasteiger partial charge in [0, 0.05) is 58.4 Å². The number of hydrogen-bond acceptors (Lipinski definition) is 9. The van der Waals surface area contributed by atoms with Crippen molar-refractivity contribution in [3.05, 3.63) is 0 Å². The number of unbranched alkanes of at least 4 members (excludes halogenated alkanes) is 2. The van der Waals surface area contributed by atoms with Crippen molar-refractivity contribution in [3.8, 4) is 0 Å². The van der Waals surface area contributed by atoms with Crippen molar-refractivity contribution in [2.45, 2.75) is 51.4 Å². The molecule has 5 N–H and O–H groups in total. The maximum absolute atomic E-state index is 12.5. The molecule has 0 aliphatic heterocycles. The Hall–Kier alpha value is -2.12. The van der Waals surface area contributed by atoms with E-state index in [1.165, 1.54) is 14.7 Å². The van der Waals surface area contributed by atoms with E-state index in [9.17, 15) is 24.3 Å². The van der Waals surface area contributed by atoms with Crippen LogP contribution in [0.5, 0.6) is 0 Å². The second kappa shape index (κ2) is 21.2. The van der Waals surface area contributed by atoms with Gasteiger partial charge in [0.2, 0.25) is 17.7 Å². The Bertz CT molecular complexity index is 607. The normalized spacial score (nSPS) is 10.8. The van der Waals surface area contributed by atoms with E-state index in [0.717, 1.165) is 0 Å². The summed E-state index contributed by atoms with van der Waals surface area (Å²) in [5.74, 6) is -0.883. The smallest absolute Gasteiger partial charge is 0.223 e. The van der Waals surface area contributed by atoms with Crippen LogP contribution in [-0.4, -0.2) is 136 Å². The highest BCUT2D eigenvalue weighted by molar-refractivity contribution is 5.86. The summed E-state index contributed by atoms with van der Waals surface area (Å²) in [6.45, 7) is -0.591. The van der Waals surface area contributed by atoms with Crippen molar-refractivity contribution in [1.29, 1.82) is 0 Å². The number of rotatable bonds is 22. The number of nitrogens with zero attached hydrogens (tertiary/aromatic N) is 3. The lowest BCUT2D eigenvalue weighted by atomic mass is 10.1. The Morgan fingerprint density at radius 3 is 1.06 bits per heavy atom. The summed E-state index contributed by atoms with van der Waals surface area (Å²) in [6.07, 6.45) is 2.46. The molecule has 0 aliphatic rings. The van der Waals surface area contributed by atoms with Gasteiger partial charge in [0.25, 0.3) is 0 Å². The number of amides is 3. The molecular formula is C23H43N3O9. The molecule has 0 radical (unpaired) electrons. The quantitative estimate of drug-likeness (QED) is 0.105. The Kier molecular flexibility index (Phi) is 19.9. The van der Waals surface area contributed by atoms with Crippen LogP contribution in [0.4, 0.5) is 0 Å². The second-order valence-corrected chi connectivity index (χ2v) is 8.15. The average Bonchev–Trinajstić information content (AvgIpc) is 2.83. The zero-order chi connectivity index (χ0) is 26.5. The number of aliphatic hydroxyl groups excluding tert-OH is 5. The van der Waals surface area contributed by atoms with Gasteiger partial charge in [-0.25, -0.2) is 0 Å². The summed E-state index contributed by atoms with van der Waals surface area (Å²) in [4.78, 5) is 53.0. The van der Waals surface area contributed by atoms with Gasteiger partial charge < -0.3 is 40.2 Å². The third-order valence-electron chi connectivity index (χ3n) is 5.40. The minimum atomic E-state index is -0.291. The molecule has 12 nitrogen and oxygen atoms in total. The third-order valence-corrected chi connectivity index (χ3v) is 5.40. The first-order valence-corrected chi connectivity index (χ1v) is 12.2. The number of ketones is 1. The summed E-state index contributed by atoms with van der Waals surface area (Å²) in [6, 6.07) is 0. The maximum atomic E-state index is 12.5. The van der Waals surface area contributed by atoms with Gasteiger partial charge >= 0.3 is 0 Å². The molecule has 0 aromatic heterocycles. The van der Waals surface area contributed by atoms with E-state index in [0.29, 0.717) is 25.7 Å². The summed E-state index contributed by atoms with van der Waals surface area (Å²) < 4.78 is 0. The second-order valence-electron chi connectivity index (χ2n) is 8.15. The van der Waals surface area contributed by atoms with Crippen molar-refractivity contribution >= 4 is 23.5 Å². The van der Waals surface area contributed by atoms with E-state index in [-0.39, 0.29) is 121 Å². The van der Waals surface area contributed by atoms with Crippen molar-refractivity contribution in [2.75, 3.05) is 72.3 Å². The van der Waals surface area contributed by atoms with E-state index in [1.54, 1.807) is 0 Å². The van der Waals surface area contributed by atoms with Crippen LogP contribution in [-0.2, 0) is 19.2 Å². The Balaban J connectivity index is 4.36. The van der Waals surface area contributed by atoms with Crippen LogP contribution in [0, 0.1) is 0 Å². The summed E-state index contributed by atoms with van der Waals surface area (Å²) in [5.41, 5.74) is 0. The topological polar surface area (TPSA) is 179 Å². The molecule has 0 bridgehead atoms. The fourth-order valence-electron chi connectivity index (χ4n) is 3.54. The zero-order valence-electron chi connectivity index (χ0n) is 20.6. The van der Waals surface area contributed by atoms with Gasteiger partial charge in [-0.15, -0.1) is 0 Å². The van der Waals surface area contributed by atoms with E-state index in [1.807, 2.05) is 0 Å². The molecule has 0 heterocycles. The van der Waals surface area contributed by atoms with E-state index < -0.39 is 0 Å². The summed E-state index contributed by atoms with van der Waals surface area (Å²) >= 11 is 0. The van der Waals surface area contributed by atoms with Crippen LogP contribution < -0.4 is 0 Å². The highest BCUT2D eigenvalue weighted by Crippen LogP contribution is 2.09. The number of aliphatic hydroxyl groups is 5. The van der Waals surface area contributed by atoms with Crippen LogP contribution in [0.1, 0.15) is 51.4 Å². The van der Waals surface area contributed by atoms with Gasteiger partial charge in [-0.2, -0.15) is 0 Å². The van der Waals surface area contributed by atoms with Crippen LogP contribution in [0.25, 0.3) is 0 Å². The van der Waals surface area contributed by atoms with Gasteiger partial charge in [0.05, 0.1) is 39.6 Å². The number of carbonyl (C=O) groups is 4. The molecule has 0 saturated carbocycles. The highest BCUT2D eigenvalue weighted by Gasteiger charge is 2.18. The van der Waals surface area contributed by atoms with E-state index in [4.69, 9.17) is 20.4 Å². The third kappa shape index (κ3) is 15.5. The number of hydrogen-bond donors (Lipinski definition) is 5. The molecule has 0 saturated heterocycles. The fourth-order valence-corrected chi connectivity index (χ4v) is 3.54. The van der Waals surface area contributed by atoms with Crippen LogP contribution in [0.15, 0.2) is 0 Å². The van der Waals surface area contributed by atoms with Crippen molar-refractivity contribution in [2.24, 2.45) is 0 Å². The first-order chi connectivity index (χ1) is 16.8. The first-order valence-electron chi connectivity index (χ1n) is 12.2. The molecule has 0 spiro atoms. The van der Waals surface area contributed by atoms with Crippen molar-refractivity contribution in [1.82, 2.24) is 14.7 Å². The maximum Gasteiger partial charge on any atom is 0.223 e. The fraction of sp³-hybridized carbons (Fsp3) is 0.826. The summed E-state index contributed by atoms with van der Waals surface area (Å²) in [7, 11) is 0. The predicted octanol–water partition coefficient (Wildman–Crippen LogP) is -1.88. The monoisotopic (exact) mass is 505 g/mol. The van der Waals surface area contributed by atoms with Gasteiger partial charge in [-0.3, -0.25) is 19.2 Å². The molecule has 35 heavy (non-hydrogen) atoms. The minimum absolute atomic E-state index is 0.0278. The molecule has 12 heteroatoms. The largest absolute Gasteiger partial charge is 0.395 e. The highest BCUT2D eigenvalue weighted by atomic mass is 16.3. The summed E-state index contributed by atoms with van der Waals surface area (Å²) in [5, 5.41) is 45.2. The van der Waals surface area contributed by atoms with Crippen LogP contribution >= 0.6 is 0 Å². The number of carbonyl (C=O) groups excluding carboxylic acids is 4. The van der Waals surface area contributed by atoms with Gasteiger partial charge in [0.15, 0.2) is 5.78 Å². The molecule has 0 aliphatic carbocycles. The van der Waals surface area contributed by atoms with Gasteiger partial charge in [-0.1, -0.05) is 0 Å². The molecule has 3 amide bonds. The van der Waals surface area contributed by atoms with E-state index in [2.05, 4.69) is 0 Å². The molecule has 0 rings (SSSR count). The van der Waals surface area contributed by atoms with Crippen LogP contribution in [0.2, 0.25) is 0 Å². The standard InChI is InChI=1S/C23H43N3O9/c27-14-9-24(10-15-28)21(33)6-2-1-5-20(32)19-26(13-18-31)23(35)8-4-3-7-22(34)25(11-16-29)12-17-30/h27-31H,1-19H2. The Labute approximate surface area is 207 Å². The first kappa shape index (κ1) is 32.9. The van der Waals surface area contributed by atoms with Gasteiger partial charge in [-0.05, 0) is 25.7 Å². The Morgan fingerprint density at radius 2 is 0.714 bits per heavy atom.